The standard InChI is InChI=1S/C20H11BrF2N2O2/c21-13-4-1-11(2-5-13)10-25-18-15(12-3-6-17(23)24-9-12)7-14(22)8-16(18)19(26)20(25)27/h1-9H,10H2. The number of hydrogen-bond donors (Lipinski definition) is 0. The molecule has 4 rings (SSSR count). The van der Waals surface area contributed by atoms with Gasteiger partial charge in [0.25, 0.3) is 11.7 Å². The SMILES string of the molecule is O=C1C(=O)N(Cc2ccc(Br)cc2)c2c1cc(F)cc2-c1ccc(F)nc1. The Morgan fingerprint density at radius 3 is 2.33 bits per heavy atom. The minimum Gasteiger partial charge on any atom is -0.300 e. The predicted molar refractivity (Wildman–Crippen MR) is 99.3 cm³/mol. The van der Waals surface area contributed by atoms with Gasteiger partial charge in [0.05, 0.1) is 17.8 Å². The number of nitrogens with zero attached hydrogens (tertiary/aromatic N) is 2. The summed E-state index contributed by atoms with van der Waals surface area (Å²) in [5.74, 6) is -2.82. The molecule has 1 aliphatic rings. The highest BCUT2D eigenvalue weighted by Crippen LogP contribution is 2.40. The maximum atomic E-state index is 14.1. The van der Waals surface area contributed by atoms with Crippen molar-refractivity contribution in [1.29, 1.82) is 0 Å². The zero-order chi connectivity index (χ0) is 19.1. The highest BCUT2D eigenvalue weighted by atomic mass is 79.9. The minimum atomic E-state index is -0.766. The second kappa shape index (κ2) is 6.66. The van der Waals surface area contributed by atoms with E-state index in [1.54, 1.807) is 0 Å². The average Bonchev–Trinajstić information content (AvgIpc) is 2.88. The van der Waals surface area contributed by atoms with Crippen LogP contribution >= 0.6 is 15.9 Å². The van der Waals surface area contributed by atoms with E-state index < -0.39 is 23.5 Å². The molecule has 0 bridgehead atoms. The molecule has 0 unspecified atom stereocenters. The van der Waals surface area contributed by atoms with Crippen molar-refractivity contribution in [1.82, 2.24) is 4.98 Å². The van der Waals surface area contributed by atoms with Crippen LogP contribution in [0, 0.1) is 11.8 Å². The van der Waals surface area contributed by atoms with Crippen LogP contribution in [0.5, 0.6) is 0 Å². The van der Waals surface area contributed by atoms with Gasteiger partial charge < -0.3 is 0 Å². The molecule has 7 heteroatoms. The number of anilines is 1. The van der Waals surface area contributed by atoms with Gasteiger partial charge in [-0.25, -0.2) is 9.37 Å². The van der Waals surface area contributed by atoms with Crippen LogP contribution in [0.25, 0.3) is 11.1 Å². The third kappa shape index (κ3) is 3.14. The monoisotopic (exact) mass is 428 g/mol. The quantitative estimate of drug-likeness (QED) is 0.455. The summed E-state index contributed by atoms with van der Waals surface area (Å²) in [6.45, 7) is 0.151. The lowest BCUT2D eigenvalue weighted by molar-refractivity contribution is -0.114. The summed E-state index contributed by atoms with van der Waals surface area (Å²) < 4.78 is 28.2. The van der Waals surface area contributed by atoms with Gasteiger partial charge in [-0.15, -0.1) is 0 Å². The molecule has 0 fully saturated rings. The van der Waals surface area contributed by atoms with Crippen LogP contribution < -0.4 is 4.90 Å². The van der Waals surface area contributed by atoms with E-state index in [4.69, 9.17) is 0 Å². The van der Waals surface area contributed by atoms with Crippen LogP contribution in [0.2, 0.25) is 0 Å². The van der Waals surface area contributed by atoms with Gasteiger partial charge in [-0.05, 0) is 42.0 Å². The number of rotatable bonds is 3. The molecule has 0 saturated carbocycles. The molecule has 3 aromatic rings. The zero-order valence-electron chi connectivity index (χ0n) is 13.7. The van der Waals surface area contributed by atoms with Crippen molar-refractivity contribution in [3.05, 3.63) is 82.1 Å². The Morgan fingerprint density at radius 2 is 1.67 bits per heavy atom. The lowest BCUT2D eigenvalue weighted by atomic mass is 10.0. The molecule has 134 valence electrons. The van der Waals surface area contributed by atoms with Gasteiger partial charge in [-0.3, -0.25) is 14.5 Å². The fraction of sp³-hybridized carbons (Fsp3) is 0.0500. The fourth-order valence-corrected chi connectivity index (χ4v) is 3.35. The summed E-state index contributed by atoms with van der Waals surface area (Å²) in [6, 6.07) is 12.1. The average molecular weight is 429 g/mol. The second-order valence-corrected chi connectivity index (χ2v) is 6.98. The van der Waals surface area contributed by atoms with E-state index >= 15 is 0 Å². The largest absolute Gasteiger partial charge is 0.300 e. The van der Waals surface area contributed by atoms with Gasteiger partial charge in [-0.1, -0.05) is 28.1 Å². The van der Waals surface area contributed by atoms with Crippen LogP contribution in [0.4, 0.5) is 14.5 Å². The molecule has 2 heterocycles. The number of pyridine rings is 1. The van der Waals surface area contributed by atoms with Gasteiger partial charge >= 0.3 is 0 Å². The Labute approximate surface area is 161 Å². The molecule has 4 nitrogen and oxygen atoms in total. The summed E-state index contributed by atoms with van der Waals surface area (Å²) in [5, 5.41) is 0. The van der Waals surface area contributed by atoms with E-state index in [1.165, 1.54) is 23.2 Å². The molecule has 0 atom stereocenters. The van der Waals surface area contributed by atoms with E-state index in [1.807, 2.05) is 24.3 Å². The lowest BCUT2D eigenvalue weighted by Gasteiger charge is -2.20. The zero-order valence-corrected chi connectivity index (χ0v) is 15.3. The molecule has 0 spiro atoms. The number of aromatic nitrogens is 1. The summed E-state index contributed by atoms with van der Waals surface area (Å²) in [7, 11) is 0. The highest BCUT2D eigenvalue weighted by molar-refractivity contribution is 9.10. The number of fused-ring (bicyclic) bond motifs is 1. The van der Waals surface area contributed by atoms with Gasteiger partial charge in [0.2, 0.25) is 5.95 Å². The Bertz CT molecular complexity index is 1070. The van der Waals surface area contributed by atoms with Gasteiger partial charge in [0.15, 0.2) is 0 Å². The molecule has 27 heavy (non-hydrogen) atoms. The molecular formula is C20H11BrF2N2O2. The van der Waals surface area contributed by atoms with Crippen LogP contribution in [0.3, 0.4) is 0 Å². The lowest BCUT2D eigenvalue weighted by Crippen LogP contribution is -2.29. The molecule has 0 saturated heterocycles. The first-order valence-corrected chi connectivity index (χ1v) is 8.79. The Hall–Kier alpha value is -2.93. The predicted octanol–water partition coefficient (Wildman–Crippen LogP) is 4.52. The molecule has 1 aliphatic heterocycles. The molecule has 2 aromatic carbocycles. The molecule has 0 aliphatic carbocycles. The third-order valence-corrected chi connectivity index (χ3v) is 4.85. The number of ketones is 1. The van der Waals surface area contributed by atoms with Crippen molar-refractivity contribution in [2.45, 2.75) is 6.54 Å². The highest BCUT2D eigenvalue weighted by Gasteiger charge is 2.38. The normalized spacial score (nSPS) is 13.2. The molecule has 1 aromatic heterocycles. The van der Waals surface area contributed by atoms with Crippen LogP contribution in [-0.2, 0) is 11.3 Å². The first kappa shape index (κ1) is 17.5. The van der Waals surface area contributed by atoms with Crippen molar-refractivity contribution < 1.29 is 18.4 Å². The Balaban J connectivity index is 1.86. The third-order valence-electron chi connectivity index (χ3n) is 4.32. The summed E-state index contributed by atoms with van der Waals surface area (Å²) in [6.07, 6.45) is 1.25. The molecule has 1 amide bonds. The van der Waals surface area contributed by atoms with Gasteiger partial charge in [-0.2, -0.15) is 4.39 Å². The number of carbonyl (C=O) groups is 2. The maximum Gasteiger partial charge on any atom is 0.299 e. The fourth-order valence-electron chi connectivity index (χ4n) is 3.08. The number of Topliss-reactive ketones (excluding diaryl/α,β-unsaturated/α-hetero) is 1. The topological polar surface area (TPSA) is 50.3 Å². The maximum absolute atomic E-state index is 14.1. The van der Waals surface area contributed by atoms with Crippen LogP contribution in [-0.4, -0.2) is 16.7 Å². The van der Waals surface area contributed by atoms with Crippen LogP contribution in [0.1, 0.15) is 15.9 Å². The van der Waals surface area contributed by atoms with E-state index in [-0.39, 0.29) is 12.1 Å². The van der Waals surface area contributed by atoms with Gasteiger partial charge in [0.1, 0.15) is 5.82 Å². The Morgan fingerprint density at radius 1 is 0.963 bits per heavy atom. The first-order valence-electron chi connectivity index (χ1n) is 8.00. The van der Waals surface area contributed by atoms with Gasteiger partial charge in [0, 0.05) is 21.8 Å². The number of benzene rings is 2. The first-order chi connectivity index (χ1) is 12.9. The summed E-state index contributed by atoms with van der Waals surface area (Å²) >= 11 is 3.35. The van der Waals surface area contributed by atoms with E-state index in [0.29, 0.717) is 16.8 Å². The van der Waals surface area contributed by atoms with Crippen molar-refractivity contribution >= 4 is 33.3 Å². The van der Waals surface area contributed by atoms with Crippen LogP contribution in [0.15, 0.2) is 59.2 Å². The number of hydrogen-bond acceptors (Lipinski definition) is 3. The van der Waals surface area contributed by atoms with E-state index in [2.05, 4.69) is 20.9 Å². The molecule has 0 radical (unpaired) electrons. The minimum absolute atomic E-state index is 0.00330. The van der Waals surface area contributed by atoms with Crippen molar-refractivity contribution in [3.63, 3.8) is 0 Å². The summed E-state index contributed by atoms with van der Waals surface area (Å²) in [4.78, 5) is 29.9. The molecule has 0 N–H and O–H groups in total. The van der Waals surface area contributed by atoms with E-state index in [9.17, 15) is 18.4 Å². The number of amides is 1. The number of halogens is 3. The molecular weight excluding hydrogens is 418 g/mol. The van der Waals surface area contributed by atoms with E-state index in [0.717, 1.165) is 22.2 Å². The number of carbonyl (C=O) groups excluding carboxylic acids is 2. The van der Waals surface area contributed by atoms with Crippen molar-refractivity contribution in [2.75, 3.05) is 4.90 Å². The summed E-state index contributed by atoms with van der Waals surface area (Å²) in [5.41, 5.74) is 1.84. The second-order valence-electron chi connectivity index (χ2n) is 6.07. The smallest absolute Gasteiger partial charge is 0.299 e. The van der Waals surface area contributed by atoms with Crippen molar-refractivity contribution in [3.8, 4) is 11.1 Å². The van der Waals surface area contributed by atoms with Crippen molar-refractivity contribution in [2.24, 2.45) is 0 Å². The Kier molecular flexibility index (Phi) is 4.31.